The minimum Gasteiger partial charge on any atom is -0.454 e. The van der Waals surface area contributed by atoms with Crippen LogP contribution in [-0.2, 0) is 22.6 Å². The quantitative estimate of drug-likeness (QED) is 0.246. The summed E-state index contributed by atoms with van der Waals surface area (Å²) in [5.41, 5.74) is 2.45. The summed E-state index contributed by atoms with van der Waals surface area (Å²) in [6, 6.07) is 15.8. The van der Waals surface area contributed by atoms with Crippen molar-refractivity contribution in [3.05, 3.63) is 83.4 Å². The first-order valence-electron chi connectivity index (χ1n) is 15.0. The predicted molar refractivity (Wildman–Crippen MR) is 157 cm³/mol. The molecule has 0 atom stereocenters. The van der Waals surface area contributed by atoms with Crippen molar-refractivity contribution in [1.82, 2.24) is 14.4 Å². The molecule has 0 radical (unpaired) electrons. The highest BCUT2D eigenvalue weighted by Crippen LogP contribution is 2.33. The van der Waals surface area contributed by atoms with Crippen LogP contribution in [0.5, 0.6) is 11.5 Å². The summed E-state index contributed by atoms with van der Waals surface area (Å²) in [5.74, 6) is 0.592. The van der Waals surface area contributed by atoms with Crippen molar-refractivity contribution in [2.75, 3.05) is 33.1 Å². The van der Waals surface area contributed by atoms with E-state index in [0.717, 1.165) is 36.9 Å². The van der Waals surface area contributed by atoms with Crippen LogP contribution < -0.4 is 9.47 Å². The maximum absolute atomic E-state index is 14.1. The van der Waals surface area contributed by atoms with Gasteiger partial charge in [0, 0.05) is 49.8 Å². The van der Waals surface area contributed by atoms with Gasteiger partial charge in [-0.15, -0.1) is 0 Å². The summed E-state index contributed by atoms with van der Waals surface area (Å²) < 4.78 is 32.0. The van der Waals surface area contributed by atoms with Crippen molar-refractivity contribution >= 4 is 11.8 Å². The Bertz CT molecular complexity index is 1340. The maximum atomic E-state index is 14.1. The number of carbonyl (C=O) groups excluding carboxylic acids is 2. The van der Waals surface area contributed by atoms with Crippen molar-refractivity contribution < 1.29 is 28.2 Å². The molecule has 8 nitrogen and oxygen atoms in total. The molecule has 224 valence electrons. The molecule has 5 rings (SSSR count). The second-order valence-electron chi connectivity index (χ2n) is 10.9. The fraction of sp³-hybridized carbons (Fsp3) is 0.455. The first-order valence-corrected chi connectivity index (χ1v) is 15.0. The van der Waals surface area contributed by atoms with Crippen LogP contribution in [0.15, 0.2) is 60.8 Å². The molecule has 42 heavy (non-hydrogen) atoms. The molecule has 0 bridgehead atoms. The van der Waals surface area contributed by atoms with E-state index < -0.39 is 0 Å². The average molecular weight is 578 g/mol. The van der Waals surface area contributed by atoms with Gasteiger partial charge in [0.05, 0.1) is 6.54 Å². The van der Waals surface area contributed by atoms with Gasteiger partial charge in [0.25, 0.3) is 5.91 Å². The van der Waals surface area contributed by atoms with Gasteiger partial charge in [-0.05, 0) is 74.2 Å². The zero-order valence-corrected chi connectivity index (χ0v) is 24.3. The minimum atomic E-state index is -0.262. The number of hydrogen-bond donors (Lipinski definition) is 0. The number of rotatable bonds is 13. The van der Waals surface area contributed by atoms with E-state index in [-0.39, 0.29) is 37.0 Å². The predicted octanol–water partition coefficient (Wildman–Crippen LogP) is 5.63. The number of aromatic nitrogens is 1. The molecule has 9 heteroatoms. The van der Waals surface area contributed by atoms with Gasteiger partial charge in [-0.2, -0.15) is 0 Å². The summed E-state index contributed by atoms with van der Waals surface area (Å²) in [6.07, 6.45) is 7.85. The standard InChI is InChI=1S/C33H40FN3O5/c1-2-40-19-7-18-36(33(39)26-13-16-30-31(20-26)42-24-41-30)23-32(38)37(28-8-4-3-5-9-28)22-29-10-6-17-35(29)21-25-11-14-27(34)15-12-25/h6,10-17,20,28H,2-5,7-9,18-19,21-24H2,1H3. The Kier molecular flexibility index (Phi) is 10.1. The van der Waals surface area contributed by atoms with Crippen LogP contribution in [0.25, 0.3) is 0 Å². The van der Waals surface area contributed by atoms with Crippen molar-refractivity contribution in [3.8, 4) is 11.5 Å². The van der Waals surface area contributed by atoms with E-state index in [0.29, 0.717) is 56.3 Å². The highest BCUT2D eigenvalue weighted by molar-refractivity contribution is 5.97. The normalized spacial score (nSPS) is 14.6. The van der Waals surface area contributed by atoms with E-state index in [4.69, 9.17) is 14.2 Å². The second-order valence-corrected chi connectivity index (χ2v) is 10.9. The van der Waals surface area contributed by atoms with Gasteiger partial charge in [0.2, 0.25) is 12.7 Å². The zero-order valence-electron chi connectivity index (χ0n) is 24.3. The summed E-state index contributed by atoms with van der Waals surface area (Å²) in [5, 5.41) is 0. The molecule has 1 aromatic heterocycles. The van der Waals surface area contributed by atoms with Crippen LogP contribution in [0.4, 0.5) is 4.39 Å². The van der Waals surface area contributed by atoms with E-state index in [1.165, 1.54) is 18.6 Å². The number of nitrogens with zero attached hydrogens (tertiary/aromatic N) is 3. The Morgan fingerprint density at radius 1 is 1.02 bits per heavy atom. The molecular weight excluding hydrogens is 537 g/mol. The van der Waals surface area contributed by atoms with Crippen LogP contribution in [0.2, 0.25) is 0 Å². The van der Waals surface area contributed by atoms with Crippen LogP contribution in [-0.4, -0.2) is 65.3 Å². The number of amides is 2. The van der Waals surface area contributed by atoms with Gasteiger partial charge in [0.15, 0.2) is 11.5 Å². The lowest BCUT2D eigenvalue weighted by molar-refractivity contribution is -0.135. The van der Waals surface area contributed by atoms with Crippen LogP contribution >= 0.6 is 0 Å². The largest absolute Gasteiger partial charge is 0.454 e. The van der Waals surface area contributed by atoms with Crippen LogP contribution in [0.1, 0.15) is 67.1 Å². The van der Waals surface area contributed by atoms with Crippen molar-refractivity contribution in [1.29, 1.82) is 0 Å². The fourth-order valence-corrected chi connectivity index (χ4v) is 5.74. The summed E-state index contributed by atoms with van der Waals surface area (Å²) in [6.45, 7) is 4.59. The molecule has 1 fully saturated rings. The SMILES string of the molecule is CCOCCCN(CC(=O)N(Cc1cccn1Cc1ccc(F)cc1)C1CCCCC1)C(=O)c1ccc2c(c1)OCO2. The Balaban J connectivity index is 1.35. The van der Waals surface area contributed by atoms with Gasteiger partial charge >= 0.3 is 0 Å². The summed E-state index contributed by atoms with van der Waals surface area (Å²) in [7, 11) is 0. The minimum absolute atomic E-state index is 0.0193. The van der Waals surface area contributed by atoms with Crippen molar-refractivity contribution in [2.45, 2.75) is 64.6 Å². The van der Waals surface area contributed by atoms with Crippen molar-refractivity contribution in [2.24, 2.45) is 0 Å². The van der Waals surface area contributed by atoms with E-state index in [2.05, 4.69) is 4.57 Å². The van der Waals surface area contributed by atoms with E-state index in [1.54, 1.807) is 35.2 Å². The first-order chi connectivity index (χ1) is 20.5. The molecule has 0 saturated heterocycles. The Labute approximate surface area is 247 Å². The Morgan fingerprint density at radius 2 is 1.81 bits per heavy atom. The van der Waals surface area contributed by atoms with Gasteiger partial charge in [-0.1, -0.05) is 31.4 Å². The third kappa shape index (κ3) is 7.50. The third-order valence-electron chi connectivity index (χ3n) is 8.01. The van der Waals surface area contributed by atoms with Gasteiger partial charge < -0.3 is 28.6 Å². The second kappa shape index (κ2) is 14.4. The third-order valence-corrected chi connectivity index (χ3v) is 8.01. The lowest BCUT2D eigenvalue weighted by atomic mass is 9.94. The highest BCUT2D eigenvalue weighted by atomic mass is 19.1. The number of hydrogen-bond acceptors (Lipinski definition) is 5. The lowest BCUT2D eigenvalue weighted by Crippen LogP contribution is -2.48. The molecule has 1 aliphatic heterocycles. The Hall–Kier alpha value is -3.85. The highest BCUT2D eigenvalue weighted by Gasteiger charge is 2.29. The summed E-state index contributed by atoms with van der Waals surface area (Å²) in [4.78, 5) is 31.4. The van der Waals surface area contributed by atoms with Gasteiger partial charge in [-0.25, -0.2) is 4.39 Å². The molecule has 1 aliphatic carbocycles. The van der Waals surface area contributed by atoms with Gasteiger partial charge in [0.1, 0.15) is 12.4 Å². The molecule has 2 heterocycles. The number of fused-ring (bicyclic) bond motifs is 1. The molecule has 0 N–H and O–H groups in total. The number of carbonyl (C=O) groups is 2. The van der Waals surface area contributed by atoms with E-state index in [9.17, 15) is 14.0 Å². The molecule has 2 aliphatic rings. The molecule has 0 unspecified atom stereocenters. The number of halogens is 1. The smallest absolute Gasteiger partial charge is 0.254 e. The van der Waals surface area contributed by atoms with E-state index in [1.807, 2.05) is 30.2 Å². The lowest BCUT2D eigenvalue weighted by Gasteiger charge is -2.36. The Morgan fingerprint density at radius 3 is 2.60 bits per heavy atom. The van der Waals surface area contributed by atoms with Crippen LogP contribution in [0.3, 0.4) is 0 Å². The molecule has 2 aromatic carbocycles. The van der Waals surface area contributed by atoms with Crippen molar-refractivity contribution in [3.63, 3.8) is 0 Å². The molecular formula is C33H40FN3O5. The van der Waals surface area contributed by atoms with Gasteiger partial charge in [-0.3, -0.25) is 9.59 Å². The molecule has 0 spiro atoms. The molecule has 3 aromatic rings. The first kappa shape index (κ1) is 29.6. The molecule has 2 amide bonds. The fourth-order valence-electron chi connectivity index (χ4n) is 5.74. The zero-order chi connectivity index (χ0) is 29.3. The van der Waals surface area contributed by atoms with E-state index >= 15 is 0 Å². The monoisotopic (exact) mass is 577 g/mol. The summed E-state index contributed by atoms with van der Waals surface area (Å²) >= 11 is 0. The topological polar surface area (TPSA) is 73.2 Å². The number of benzene rings is 2. The van der Waals surface area contributed by atoms with Crippen LogP contribution in [0, 0.1) is 5.82 Å². The molecule has 1 saturated carbocycles. The number of ether oxygens (including phenoxy) is 3. The average Bonchev–Trinajstić information content (AvgIpc) is 3.67. The maximum Gasteiger partial charge on any atom is 0.254 e.